The van der Waals surface area contributed by atoms with Gasteiger partial charge in [0.15, 0.2) is 34.9 Å². The second-order valence-corrected chi connectivity index (χ2v) is 7.27. The maximum absolute atomic E-state index is 15.2. The van der Waals surface area contributed by atoms with E-state index in [1.165, 1.54) is 24.3 Å². The van der Waals surface area contributed by atoms with E-state index in [0.29, 0.717) is 0 Å². The minimum Gasteiger partial charge on any atom is -0.451 e. The quantitative estimate of drug-likeness (QED) is 0.128. The molecule has 0 saturated heterocycles. The summed E-state index contributed by atoms with van der Waals surface area (Å²) in [7, 11) is 0. The largest absolute Gasteiger partial charge is 0.451 e. The van der Waals surface area contributed by atoms with E-state index in [2.05, 4.69) is 0 Å². The Balaban J connectivity index is 1.96. The first kappa shape index (κ1) is 24.6. The van der Waals surface area contributed by atoms with Crippen LogP contribution in [-0.2, 0) is 0 Å². The van der Waals surface area contributed by atoms with Crippen molar-refractivity contribution < 1.29 is 44.6 Å². The van der Waals surface area contributed by atoms with Crippen molar-refractivity contribution in [2.75, 3.05) is 11.5 Å². The van der Waals surface area contributed by atoms with Gasteiger partial charge in [0, 0.05) is 23.5 Å². The van der Waals surface area contributed by atoms with E-state index >= 15 is 8.78 Å². The number of anilines is 2. The highest BCUT2D eigenvalue weighted by Crippen LogP contribution is 2.44. The van der Waals surface area contributed by atoms with Crippen LogP contribution in [0.4, 0.5) is 46.5 Å². The lowest BCUT2D eigenvalue weighted by atomic mass is 10.0. The normalized spacial score (nSPS) is 11.0. The van der Waals surface area contributed by atoms with Crippen molar-refractivity contribution in [3.63, 3.8) is 0 Å². The predicted molar refractivity (Wildman–Crippen MR) is 113 cm³/mol. The third-order valence-electron chi connectivity index (χ3n) is 4.85. The molecule has 0 heterocycles. The van der Waals surface area contributed by atoms with Crippen molar-refractivity contribution in [1.29, 1.82) is 0 Å². The van der Waals surface area contributed by atoms with E-state index in [9.17, 15) is 26.3 Å². The Morgan fingerprint density at radius 2 is 0.806 bits per heavy atom. The average Bonchev–Trinajstić information content (AvgIpc) is 2.84. The first-order valence-electron chi connectivity index (χ1n) is 9.80. The molecule has 0 unspecified atom stereocenters. The van der Waals surface area contributed by atoms with Gasteiger partial charge in [-0.2, -0.15) is 8.78 Å². The number of benzene rings is 4. The van der Waals surface area contributed by atoms with Crippen LogP contribution in [0.25, 0.3) is 11.1 Å². The first-order valence-corrected chi connectivity index (χ1v) is 9.80. The molecule has 0 bridgehead atoms. The van der Waals surface area contributed by atoms with Crippen LogP contribution in [0.15, 0.2) is 48.5 Å². The van der Waals surface area contributed by atoms with Gasteiger partial charge in [0.05, 0.1) is 11.1 Å². The summed E-state index contributed by atoms with van der Waals surface area (Å²) in [4.78, 5) is 0. The van der Waals surface area contributed by atoms with E-state index in [1.54, 1.807) is 0 Å². The van der Waals surface area contributed by atoms with Crippen molar-refractivity contribution in [3.8, 4) is 34.1 Å². The van der Waals surface area contributed by atoms with Crippen LogP contribution >= 0.6 is 0 Å². The second kappa shape index (κ2) is 9.29. The Kier molecular flexibility index (Phi) is 6.35. The van der Waals surface area contributed by atoms with Gasteiger partial charge in [-0.05, 0) is 24.3 Å². The van der Waals surface area contributed by atoms with Crippen molar-refractivity contribution in [3.05, 3.63) is 95.1 Å². The number of halogens is 8. The number of hydrogen-bond donors (Lipinski definition) is 2. The van der Waals surface area contributed by atoms with Gasteiger partial charge >= 0.3 is 0 Å². The number of hydrogen-bond acceptors (Lipinski definition) is 4. The molecule has 186 valence electrons. The highest BCUT2D eigenvalue weighted by atomic mass is 19.2. The molecule has 0 radical (unpaired) electrons. The monoisotopic (exact) mass is 512 g/mol. The maximum atomic E-state index is 15.2. The van der Waals surface area contributed by atoms with Gasteiger partial charge in [-0.1, -0.05) is 12.1 Å². The molecule has 0 spiro atoms. The lowest BCUT2D eigenvalue weighted by Gasteiger charge is -2.17. The van der Waals surface area contributed by atoms with Crippen LogP contribution in [0.1, 0.15) is 0 Å². The van der Waals surface area contributed by atoms with Crippen molar-refractivity contribution in [2.24, 2.45) is 0 Å². The number of ether oxygens (including phenoxy) is 2. The van der Waals surface area contributed by atoms with Crippen molar-refractivity contribution >= 4 is 11.4 Å². The van der Waals surface area contributed by atoms with Gasteiger partial charge in [-0.15, -0.1) is 0 Å². The first-order chi connectivity index (χ1) is 17.0. The summed E-state index contributed by atoms with van der Waals surface area (Å²) in [5.41, 5.74) is 7.32. The third-order valence-corrected chi connectivity index (χ3v) is 4.85. The molecular weight excluding hydrogens is 500 g/mol. The Labute approximate surface area is 197 Å². The minimum atomic E-state index is -2.44. The topological polar surface area (TPSA) is 70.5 Å². The Morgan fingerprint density at radius 3 is 1.14 bits per heavy atom. The summed E-state index contributed by atoms with van der Waals surface area (Å²) in [6.45, 7) is 0. The molecule has 0 saturated carbocycles. The van der Waals surface area contributed by atoms with Crippen LogP contribution < -0.4 is 20.9 Å². The smallest absolute Gasteiger partial charge is 0.207 e. The zero-order valence-corrected chi connectivity index (χ0v) is 17.6. The molecule has 0 atom stereocenters. The standard InChI is InChI=1S/C24H12F8N2O2/c25-15-13(17(27)23(21(31)19(15)29)35-11-5-1-3-9(33)7-11)14-16(26)20(30)22(32)24(18(14)28)36-12-6-2-4-10(34)8-12/h1-8H,33-34H2. The molecule has 4 nitrogen and oxygen atoms in total. The molecule has 12 heteroatoms. The number of nitrogen functional groups attached to an aromatic ring is 2. The number of nitrogens with two attached hydrogens (primary N) is 2. The molecule has 0 aliphatic carbocycles. The Bertz CT molecular complexity index is 1400. The third kappa shape index (κ3) is 4.21. The van der Waals surface area contributed by atoms with E-state index in [-0.39, 0.29) is 22.9 Å². The lowest BCUT2D eigenvalue weighted by Crippen LogP contribution is -2.09. The van der Waals surface area contributed by atoms with Crippen LogP contribution in [0.2, 0.25) is 0 Å². The highest BCUT2D eigenvalue weighted by Gasteiger charge is 2.35. The second-order valence-electron chi connectivity index (χ2n) is 7.27. The summed E-state index contributed by atoms with van der Waals surface area (Å²) >= 11 is 0. The summed E-state index contributed by atoms with van der Waals surface area (Å²) in [6.07, 6.45) is 0. The molecule has 4 N–H and O–H groups in total. The summed E-state index contributed by atoms with van der Waals surface area (Å²) in [6, 6.07) is 9.67. The molecule has 0 aliphatic heterocycles. The SMILES string of the molecule is Nc1cccc(Oc2c(F)c(F)c(F)c(-c3c(F)c(F)c(F)c(Oc4cccc(N)c4)c3F)c2F)c1. The van der Waals surface area contributed by atoms with E-state index in [0.717, 1.165) is 24.3 Å². The lowest BCUT2D eigenvalue weighted by molar-refractivity contribution is 0.361. The molecule has 0 aromatic heterocycles. The molecule has 4 rings (SSSR count). The molecule has 0 amide bonds. The van der Waals surface area contributed by atoms with Gasteiger partial charge in [-0.3, -0.25) is 0 Å². The van der Waals surface area contributed by atoms with Crippen LogP contribution in [0, 0.1) is 46.5 Å². The van der Waals surface area contributed by atoms with Gasteiger partial charge in [0.25, 0.3) is 0 Å². The molecule has 4 aromatic carbocycles. The highest BCUT2D eigenvalue weighted by molar-refractivity contribution is 5.71. The molecule has 4 aromatic rings. The van der Waals surface area contributed by atoms with Crippen LogP contribution in [0.3, 0.4) is 0 Å². The summed E-state index contributed by atoms with van der Waals surface area (Å²) < 4.78 is 127. The van der Waals surface area contributed by atoms with Crippen LogP contribution in [-0.4, -0.2) is 0 Å². The molecule has 0 aliphatic rings. The average molecular weight is 512 g/mol. The fourth-order valence-corrected chi connectivity index (χ4v) is 3.23. The Hall–Kier alpha value is -4.48. The van der Waals surface area contributed by atoms with Gasteiger partial charge < -0.3 is 20.9 Å². The zero-order valence-electron chi connectivity index (χ0n) is 17.6. The van der Waals surface area contributed by atoms with Crippen molar-refractivity contribution in [1.82, 2.24) is 0 Å². The maximum Gasteiger partial charge on any atom is 0.207 e. The van der Waals surface area contributed by atoms with Crippen LogP contribution in [0.5, 0.6) is 23.0 Å². The minimum absolute atomic E-state index is 0.0529. The summed E-state index contributed by atoms with van der Waals surface area (Å²) in [5, 5.41) is 0. The van der Waals surface area contributed by atoms with Gasteiger partial charge in [0.1, 0.15) is 11.5 Å². The van der Waals surface area contributed by atoms with E-state index in [1.807, 2.05) is 0 Å². The fourth-order valence-electron chi connectivity index (χ4n) is 3.23. The van der Waals surface area contributed by atoms with Gasteiger partial charge in [0.2, 0.25) is 23.1 Å². The molecular formula is C24H12F8N2O2. The summed E-state index contributed by atoms with van der Waals surface area (Å²) in [5.74, 6) is -22.4. The number of rotatable bonds is 5. The van der Waals surface area contributed by atoms with E-state index in [4.69, 9.17) is 20.9 Å². The Morgan fingerprint density at radius 1 is 0.444 bits per heavy atom. The molecule has 0 fully saturated rings. The fraction of sp³-hybridized carbons (Fsp3) is 0. The molecule has 36 heavy (non-hydrogen) atoms. The van der Waals surface area contributed by atoms with Gasteiger partial charge in [-0.25, -0.2) is 26.3 Å². The van der Waals surface area contributed by atoms with Crippen molar-refractivity contribution in [2.45, 2.75) is 0 Å². The van der Waals surface area contributed by atoms with E-state index < -0.39 is 69.2 Å². The zero-order chi connectivity index (χ0) is 26.3. The predicted octanol–water partition coefficient (Wildman–Crippen LogP) is 7.22.